The Morgan fingerprint density at radius 1 is 0.925 bits per heavy atom. The zero-order valence-corrected chi connectivity index (χ0v) is 23.6. The highest BCUT2D eigenvalue weighted by Gasteiger charge is 2.25. The van der Waals surface area contributed by atoms with Crippen LogP contribution in [0.4, 0.5) is 5.69 Å². The first kappa shape index (κ1) is 27.5. The first-order valence-corrected chi connectivity index (χ1v) is 14.1. The molecule has 3 heterocycles. The van der Waals surface area contributed by atoms with E-state index in [9.17, 15) is 9.59 Å². The van der Waals surface area contributed by atoms with Gasteiger partial charge in [-0.25, -0.2) is 0 Å². The minimum Gasteiger partial charge on any atom is -0.339 e. The molecule has 1 fully saturated rings. The molecule has 4 aromatic rings. The summed E-state index contributed by atoms with van der Waals surface area (Å²) in [6.45, 7) is 5.61. The highest BCUT2D eigenvalue weighted by molar-refractivity contribution is 6.34. The van der Waals surface area contributed by atoms with Gasteiger partial charge >= 0.3 is 0 Å². The minimum absolute atomic E-state index is 0.0571. The van der Waals surface area contributed by atoms with E-state index >= 15 is 0 Å². The summed E-state index contributed by atoms with van der Waals surface area (Å²) >= 11 is 6.38. The number of amides is 2. The molecule has 6 nitrogen and oxygen atoms in total. The average molecular weight is 553 g/mol. The second kappa shape index (κ2) is 12.4. The largest absolute Gasteiger partial charge is 0.339 e. The minimum atomic E-state index is -0.314. The molecule has 2 amide bonds. The third-order valence-electron chi connectivity index (χ3n) is 7.34. The molecule has 1 N–H and O–H groups in total. The van der Waals surface area contributed by atoms with Gasteiger partial charge in [-0.15, -0.1) is 0 Å². The number of nitrogens with one attached hydrogen (secondary N) is 1. The molecule has 0 saturated carbocycles. The number of benzene rings is 2. The van der Waals surface area contributed by atoms with Crippen molar-refractivity contribution in [3.05, 3.63) is 113 Å². The maximum atomic E-state index is 13.3. The van der Waals surface area contributed by atoms with Crippen molar-refractivity contribution in [1.29, 1.82) is 0 Å². The molecule has 5 rings (SSSR count). The van der Waals surface area contributed by atoms with Crippen molar-refractivity contribution in [2.24, 2.45) is 5.92 Å². The number of hydrogen-bond donors (Lipinski definition) is 1. The van der Waals surface area contributed by atoms with Gasteiger partial charge in [0.05, 0.1) is 16.3 Å². The van der Waals surface area contributed by atoms with Crippen molar-refractivity contribution in [3.63, 3.8) is 0 Å². The molecule has 1 aliphatic rings. The third-order valence-corrected chi connectivity index (χ3v) is 7.67. The van der Waals surface area contributed by atoms with Gasteiger partial charge in [0.15, 0.2) is 0 Å². The number of nitrogens with zero attached hydrogens (tertiary/aromatic N) is 3. The van der Waals surface area contributed by atoms with Crippen LogP contribution in [0.2, 0.25) is 5.02 Å². The standard InChI is InChI=1S/C33H33ClN4O2/c1-22(2)19-29-9-7-28(21-36-29)32(39)37-31-20-27(8-10-30(31)34)33(40)38-17-13-26(14-18-38)24-5-3-23(4-6-24)25-11-15-35-16-12-25/h3-12,15-16,20-22,26H,13-14,17-19H2,1-2H3,(H,37,39). The number of anilines is 1. The van der Waals surface area contributed by atoms with Gasteiger partial charge in [-0.05, 0) is 90.3 Å². The van der Waals surface area contributed by atoms with E-state index in [1.807, 2.05) is 23.1 Å². The molecule has 7 heteroatoms. The summed E-state index contributed by atoms with van der Waals surface area (Å²) in [6.07, 6.45) is 7.84. The number of hydrogen-bond acceptors (Lipinski definition) is 4. The van der Waals surface area contributed by atoms with E-state index in [1.54, 1.807) is 42.9 Å². The Bertz CT molecular complexity index is 1460. The van der Waals surface area contributed by atoms with Crippen LogP contribution < -0.4 is 5.32 Å². The number of pyridine rings is 2. The van der Waals surface area contributed by atoms with Gasteiger partial charge in [0.1, 0.15) is 0 Å². The van der Waals surface area contributed by atoms with E-state index in [1.165, 1.54) is 11.1 Å². The summed E-state index contributed by atoms with van der Waals surface area (Å²) in [5, 5.41) is 3.22. The number of aromatic nitrogens is 2. The van der Waals surface area contributed by atoms with Gasteiger partial charge in [0.2, 0.25) is 0 Å². The second-order valence-electron chi connectivity index (χ2n) is 10.7. The topological polar surface area (TPSA) is 75.2 Å². The SMILES string of the molecule is CC(C)Cc1ccc(C(=O)Nc2cc(C(=O)N3CCC(c4ccc(-c5ccncc5)cc4)CC3)ccc2Cl)cn1. The van der Waals surface area contributed by atoms with Crippen molar-refractivity contribution in [2.75, 3.05) is 18.4 Å². The monoisotopic (exact) mass is 552 g/mol. The molecule has 0 unspecified atom stereocenters. The summed E-state index contributed by atoms with van der Waals surface area (Å²) in [7, 11) is 0. The number of likely N-dealkylation sites (tertiary alicyclic amines) is 1. The van der Waals surface area contributed by atoms with Crippen LogP contribution in [-0.4, -0.2) is 39.8 Å². The van der Waals surface area contributed by atoms with Gasteiger partial charge in [-0.2, -0.15) is 0 Å². The molecule has 0 radical (unpaired) electrons. The van der Waals surface area contributed by atoms with Gasteiger partial charge in [-0.1, -0.05) is 49.7 Å². The summed E-state index contributed by atoms with van der Waals surface area (Å²) in [5.41, 5.74) is 5.92. The number of rotatable bonds is 7. The summed E-state index contributed by atoms with van der Waals surface area (Å²) in [5.74, 6) is 0.530. The smallest absolute Gasteiger partial charge is 0.257 e. The van der Waals surface area contributed by atoms with E-state index in [4.69, 9.17) is 11.6 Å². The zero-order chi connectivity index (χ0) is 28.1. The lowest BCUT2D eigenvalue weighted by atomic mass is 9.88. The van der Waals surface area contributed by atoms with Crippen molar-refractivity contribution >= 4 is 29.1 Å². The molecule has 1 saturated heterocycles. The first-order chi connectivity index (χ1) is 19.4. The lowest BCUT2D eigenvalue weighted by molar-refractivity contribution is 0.0712. The molecule has 0 aliphatic carbocycles. The number of halogens is 1. The molecular weight excluding hydrogens is 520 g/mol. The van der Waals surface area contributed by atoms with E-state index in [-0.39, 0.29) is 11.8 Å². The lowest BCUT2D eigenvalue weighted by Crippen LogP contribution is -2.38. The molecule has 1 aliphatic heterocycles. The molecule has 0 spiro atoms. The molecule has 40 heavy (non-hydrogen) atoms. The fraction of sp³-hybridized carbons (Fsp3) is 0.273. The normalized spacial score (nSPS) is 13.8. The van der Waals surface area contributed by atoms with E-state index in [0.717, 1.165) is 30.5 Å². The second-order valence-corrected chi connectivity index (χ2v) is 11.1. The fourth-order valence-electron chi connectivity index (χ4n) is 5.14. The number of piperidine rings is 1. The Balaban J connectivity index is 1.20. The Hall–Kier alpha value is -4.03. The van der Waals surface area contributed by atoms with Crippen molar-refractivity contribution in [2.45, 2.75) is 39.0 Å². The van der Waals surface area contributed by atoms with Crippen LogP contribution in [0.15, 0.2) is 85.3 Å². The molecule has 2 aromatic carbocycles. The Kier molecular flexibility index (Phi) is 8.56. The Morgan fingerprint density at radius 3 is 2.25 bits per heavy atom. The van der Waals surface area contributed by atoms with E-state index in [0.29, 0.717) is 46.8 Å². The van der Waals surface area contributed by atoms with Gasteiger partial charge in [0.25, 0.3) is 11.8 Å². The third kappa shape index (κ3) is 6.57. The van der Waals surface area contributed by atoms with Crippen LogP contribution in [0.3, 0.4) is 0 Å². The summed E-state index contributed by atoms with van der Waals surface area (Å²) in [4.78, 5) is 36.6. The lowest BCUT2D eigenvalue weighted by Gasteiger charge is -2.32. The predicted molar refractivity (Wildman–Crippen MR) is 160 cm³/mol. The molecule has 204 valence electrons. The van der Waals surface area contributed by atoms with Gasteiger partial charge in [0, 0.05) is 42.9 Å². The predicted octanol–water partition coefficient (Wildman–Crippen LogP) is 7.27. The zero-order valence-electron chi connectivity index (χ0n) is 22.8. The fourth-order valence-corrected chi connectivity index (χ4v) is 5.30. The molecule has 0 bridgehead atoms. The quantitative estimate of drug-likeness (QED) is 0.261. The van der Waals surface area contributed by atoms with Crippen molar-refractivity contribution in [1.82, 2.24) is 14.9 Å². The van der Waals surface area contributed by atoms with E-state index < -0.39 is 0 Å². The van der Waals surface area contributed by atoms with Crippen LogP contribution in [0.25, 0.3) is 11.1 Å². The highest BCUT2D eigenvalue weighted by Crippen LogP contribution is 2.31. The maximum absolute atomic E-state index is 13.3. The van der Waals surface area contributed by atoms with Gasteiger partial charge < -0.3 is 10.2 Å². The summed E-state index contributed by atoms with van der Waals surface area (Å²) in [6, 6.07) is 21.4. The van der Waals surface area contributed by atoms with Crippen LogP contribution >= 0.6 is 11.6 Å². The molecule has 2 aromatic heterocycles. The first-order valence-electron chi connectivity index (χ1n) is 13.7. The molecular formula is C33H33ClN4O2. The Labute approximate surface area is 240 Å². The Morgan fingerprint density at radius 2 is 1.60 bits per heavy atom. The molecule has 0 atom stereocenters. The van der Waals surface area contributed by atoms with Crippen LogP contribution in [-0.2, 0) is 6.42 Å². The van der Waals surface area contributed by atoms with Crippen molar-refractivity contribution < 1.29 is 9.59 Å². The van der Waals surface area contributed by atoms with Crippen LogP contribution in [0.5, 0.6) is 0 Å². The number of carbonyl (C=O) groups excluding carboxylic acids is 2. The summed E-state index contributed by atoms with van der Waals surface area (Å²) < 4.78 is 0. The van der Waals surface area contributed by atoms with Crippen molar-refractivity contribution in [3.8, 4) is 11.1 Å². The maximum Gasteiger partial charge on any atom is 0.257 e. The van der Waals surface area contributed by atoms with Crippen LogP contribution in [0.1, 0.15) is 64.6 Å². The van der Waals surface area contributed by atoms with Gasteiger partial charge in [-0.3, -0.25) is 19.6 Å². The van der Waals surface area contributed by atoms with E-state index in [2.05, 4.69) is 53.4 Å². The average Bonchev–Trinajstić information content (AvgIpc) is 2.98. The number of carbonyl (C=O) groups is 2. The van der Waals surface area contributed by atoms with Crippen LogP contribution in [0, 0.1) is 5.92 Å². The highest BCUT2D eigenvalue weighted by atomic mass is 35.5.